The van der Waals surface area contributed by atoms with E-state index in [1.54, 1.807) is 6.07 Å². The zero-order chi connectivity index (χ0) is 10.3. The Bertz CT molecular complexity index is 392. The van der Waals surface area contributed by atoms with Crippen LogP contribution < -0.4 is 0 Å². The van der Waals surface area contributed by atoms with Crippen molar-refractivity contribution in [3.63, 3.8) is 0 Å². The minimum atomic E-state index is -0.731. The monoisotopic (exact) mass is 274 g/mol. The van der Waals surface area contributed by atoms with Gasteiger partial charge in [0.25, 0.3) is 0 Å². The Labute approximate surface area is 95.0 Å². The van der Waals surface area contributed by atoms with Gasteiger partial charge in [0.15, 0.2) is 0 Å². The van der Waals surface area contributed by atoms with Crippen LogP contribution in [0, 0.1) is 5.92 Å². The van der Waals surface area contributed by atoms with Crippen molar-refractivity contribution in [2.75, 3.05) is 0 Å². The second-order valence-corrected chi connectivity index (χ2v) is 4.78. The molecule has 0 radical (unpaired) electrons. The van der Waals surface area contributed by atoms with Gasteiger partial charge in [0.05, 0.1) is 5.92 Å². The number of carbonyl (C=O) groups is 1. The van der Waals surface area contributed by atoms with E-state index in [2.05, 4.69) is 15.9 Å². The van der Waals surface area contributed by atoms with Gasteiger partial charge in [0.2, 0.25) is 0 Å². The number of hydrogen-bond donors (Lipinski definition) is 1. The zero-order valence-electron chi connectivity index (χ0n) is 7.21. The molecule has 1 aliphatic rings. The summed E-state index contributed by atoms with van der Waals surface area (Å²) in [6.07, 6.45) is 0.700. The SMILES string of the molecule is O=C(O)[C@@H]1C[C@H]1c1cc(Br)ccc1Cl. The lowest BCUT2D eigenvalue weighted by Crippen LogP contribution is -1.99. The normalized spacial score (nSPS) is 24.7. The van der Waals surface area contributed by atoms with Gasteiger partial charge in [0, 0.05) is 9.50 Å². The largest absolute Gasteiger partial charge is 0.481 e. The molecule has 14 heavy (non-hydrogen) atoms. The maximum Gasteiger partial charge on any atom is 0.307 e. The molecule has 1 aliphatic carbocycles. The Hall–Kier alpha value is -0.540. The number of carboxylic acid groups (broad SMARTS) is 1. The van der Waals surface area contributed by atoms with Crippen molar-refractivity contribution in [2.24, 2.45) is 5.92 Å². The van der Waals surface area contributed by atoms with Crippen LogP contribution in [0.1, 0.15) is 17.9 Å². The quantitative estimate of drug-likeness (QED) is 0.899. The standard InChI is InChI=1S/C10H8BrClO2/c11-5-1-2-9(12)7(3-5)6-4-8(6)10(13)14/h1-3,6,8H,4H2,(H,13,14)/t6-,8+/m0/s1. The molecule has 1 fully saturated rings. The predicted molar refractivity (Wildman–Crippen MR) is 57.6 cm³/mol. The Kier molecular flexibility index (Phi) is 2.54. The minimum Gasteiger partial charge on any atom is -0.481 e. The summed E-state index contributed by atoms with van der Waals surface area (Å²) in [7, 11) is 0. The molecule has 0 bridgehead atoms. The van der Waals surface area contributed by atoms with Gasteiger partial charge in [-0.05, 0) is 36.1 Å². The van der Waals surface area contributed by atoms with Crippen LogP contribution in [-0.4, -0.2) is 11.1 Å². The Morgan fingerprint density at radius 1 is 1.57 bits per heavy atom. The van der Waals surface area contributed by atoms with E-state index < -0.39 is 5.97 Å². The molecule has 0 spiro atoms. The predicted octanol–water partition coefficient (Wildman–Crippen LogP) is 3.29. The van der Waals surface area contributed by atoms with Crippen molar-refractivity contribution >= 4 is 33.5 Å². The third kappa shape index (κ3) is 1.79. The van der Waals surface area contributed by atoms with Crippen molar-refractivity contribution in [1.82, 2.24) is 0 Å². The Morgan fingerprint density at radius 2 is 2.29 bits per heavy atom. The van der Waals surface area contributed by atoms with Gasteiger partial charge in [-0.2, -0.15) is 0 Å². The molecule has 0 heterocycles. The van der Waals surface area contributed by atoms with E-state index >= 15 is 0 Å². The number of halogens is 2. The number of aliphatic carboxylic acids is 1. The van der Waals surface area contributed by atoms with Crippen LogP contribution in [0.15, 0.2) is 22.7 Å². The molecule has 0 aliphatic heterocycles. The molecule has 0 amide bonds. The van der Waals surface area contributed by atoms with E-state index in [1.807, 2.05) is 12.1 Å². The highest BCUT2D eigenvalue weighted by atomic mass is 79.9. The summed E-state index contributed by atoms with van der Waals surface area (Å²) >= 11 is 9.33. The van der Waals surface area contributed by atoms with Crippen molar-refractivity contribution in [1.29, 1.82) is 0 Å². The number of benzene rings is 1. The molecule has 1 aromatic carbocycles. The smallest absolute Gasteiger partial charge is 0.307 e. The topological polar surface area (TPSA) is 37.3 Å². The van der Waals surface area contributed by atoms with Gasteiger partial charge in [-0.3, -0.25) is 4.79 Å². The zero-order valence-corrected chi connectivity index (χ0v) is 9.55. The lowest BCUT2D eigenvalue weighted by Gasteiger charge is -2.02. The van der Waals surface area contributed by atoms with Crippen molar-refractivity contribution < 1.29 is 9.90 Å². The lowest BCUT2D eigenvalue weighted by atomic mass is 10.1. The summed E-state index contributed by atoms with van der Waals surface area (Å²) in [5, 5.41) is 9.44. The number of carboxylic acids is 1. The Morgan fingerprint density at radius 3 is 2.86 bits per heavy atom. The van der Waals surface area contributed by atoms with Gasteiger partial charge in [-0.15, -0.1) is 0 Å². The van der Waals surface area contributed by atoms with Crippen LogP contribution in [0.4, 0.5) is 0 Å². The van der Waals surface area contributed by atoms with E-state index in [-0.39, 0.29) is 11.8 Å². The molecule has 1 aromatic rings. The summed E-state index contributed by atoms with van der Waals surface area (Å²) in [5.41, 5.74) is 0.938. The molecule has 1 saturated carbocycles. The fourth-order valence-electron chi connectivity index (χ4n) is 1.61. The molecular formula is C10H8BrClO2. The van der Waals surface area contributed by atoms with Crippen molar-refractivity contribution in [3.05, 3.63) is 33.3 Å². The molecular weight excluding hydrogens is 267 g/mol. The van der Waals surface area contributed by atoms with E-state index in [1.165, 1.54) is 0 Å². The lowest BCUT2D eigenvalue weighted by molar-refractivity contribution is -0.138. The van der Waals surface area contributed by atoms with Crippen molar-refractivity contribution in [2.45, 2.75) is 12.3 Å². The van der Waals surface area contributed by atoms with Crippen LogP contribution in [0.25, 0.3) is 0 Å². The number of rotatable bonds is 2. The van der Waals surface area contributed by atoms with E-state index in [9.17, 15) is 4.79 Å². The highest BCUT2D eigenvalue weighted by Gasteiger charge is 2.45. The molecule has 1 N–H and O–H groups in total. The van der Waals surface area contributed by atoms with Gasteiger partial charge < -0.3 is 5.11 Å². The molecule has 0 saturated heterocycles. The van der Waals surface area contributed by atoms with Crippen LogP contribution in [-0.2, 0) is 4.79 Å². The minimum absolute atomic E-state index is 0.0949. The summed E-state index contributed by atoms with van der Waals surface area (Å²) in [4.78, 5) is 10.7. The first kappa shape index (κ1) is 9.99. The molecule has 74 valence electrons. The maximum atomic E-state index is 10.7. The van der Waals surface area contributed by atoms with Gasteiger partial charge in [-0.25, -0.2) is 0 Å². The molecule has 2 atom stereocenters. The summed E-state index contributed by atoms with van der Waals surface area (Å²) in [5.74, 6) is -0.884. The van der Waals surface area contributed by atoms with E-state index in [4.69, 9.17) is 16.7 Å². The third-order valence-corrected chi connectivity index (χ3v) is 3.30. The number of hydrogen-bond acceptors (Lipinski definition) is 1. The first-order valence-electron chi connectivity index (χ1n) is 4.27. The van der Waals surface area contributed by atoms with E-state index in [0.717, 1.165) is 10.0 Å². The highest BCUT2D eigenvalue weighted by molar-refractivity contribution is 9.10. The molecule has 2 rings (SSSR count). The van der Waals surface area contributed by atoms with Crippen LogP contribution >= 0.6 is 27.5 Å². The second kappa shape index (κ2) is 3.55. The van der Waals surface area contributed by atoms with Crippen LogP contribution in [0.2, 0.25) is 5.02 Å². The summed E-state index contributed by atoms with van der Waals surface area (Å²) < 4.78 is 0.938. The average Bonchev–Trinajstić information content (AvgIpc) is 2.88. The molecule has 4 heteroatoms. The first-order chi connectivity index (χ1) is 6.59. The van der Waals surface area contributed by atoms with Crippen LogP contribution in [0.3, 0.4) is 0 Å². The van der Waals surface area contributed by atoms with E-state index in [0.29, 0.717) is 11.4 Å². The fourth-order valence-corrected chi connectivity index (χ4v) is 2.25. The summed E-state index contributed by atoms with van der Waals surface area (Å²) in [6.45, 7) is 0. The van der Waals surface area contributed by atoms with Crippen LogP contribution in [0.5, 0.6) is 0 Å². The second-order valence-electron chi connectivity index (χ2n) is 3.45. The third-order valence-electron chi connectivity index (χ3n) is 2.47. The van der Waals surface area contributed by atoms with Gasteiger partial charge in [0.1, 0.15) is 0 Å². The molecule has 2 nitrogen and oxygen atoms in total. The highest BCUT2D eigenvalue weighted by Crippen LogP contribution is 2.50. The molecule has 0 aromatic heterocycles. The Balaban J connectivity index is 2.26. The summed E-state index contributed by atoms with van der Waals surface area (Å²) in [6, 6.07) is 5.54. The fraction of sp³-hybridized carbons (Fsp3) is 0.300. The van der Waals surface area contributed by atoms with Crippen molar-refractivity contribution in [3.8, 4) is 0 Å². The molecule has 0 unspecified atom stereocenters. The van der Waals surface area contributed by atoms with Gasteiger partial charge in [-0.1, -0.05) is 27.5 Å². The van der Waals surface area contributed by atoms with Gasteiger partial charge >= 0.3 is 5.97 Å². The first-order valence-corrected chi connectivity index (χ1v) is 5.44. The average molecular weight is 276 g/mol. The maximum absolute atomic E-state index is 10.7.